The number of methoxy groups -OCH3 is 1. The lowest BCUT2D eigenvalue weighted by Crippen LogP contribution is -2.47. The van der Waals surface area contributed by atoms with E-state index in [-0.39, 0.29) is 23.3 Å². The first-order valence-electron chi connectivity index (χ1n) is 13.9. The van der Waals surface area contributed by atoms with Crippen LogP contribution in [0.25, 0.3) is 0 Å². The highest BCUT2D eigenvalue weighted by Crippen LogP contribution is 2.31. The van der Waals surface area contributed by atoms with Crippen LogP contribution in [0.5, 0.6) is 11.5 Å². The van der Waals surface area contributed by atoms with Gasteiger partial charge in [0.1, 0.15) is 18.8 Å². The van der Waals surface area contributed by atoms with Crippen molar-refractivity contribution in [2.45, 2.75) is 70.3 Å². The van der Waals surface area contributed by atoms with Crippen LogP contribution in [-0.4, -0.2) is 73.7 Å². The number of amides is 1. The zero-order valence-electron chi connectivity index (χ0n) is 23.9. The summed E-state index contributed by atoms with van der Waals surface area (Å²) in [5, 5.41) is 2.53. The number of carbonyl (C=O) groups excluding carboxylic acids is 4. The third-order valence-corrected chi connectivity index (χ3v) is 7.17. The first-order valence-corrected chi connectivity index (χ1v) is 13.9. The van der Waals surface area contributed by atoms with E-state index >= 15 is 0 Å². The van der Waals surface area contributed by atoms with Crippen LogP contribution in [0, 0.1) is 5.92 Å². The zero-order valence-corrected chi connectivity index (χ0v) is 23.9. The number of benzene rings is 1. The van der Waals surface area contributed by atoms with Gasteiger partial charge in [0.25, 0.3) is 5.91 Å². The summed E-state index contributed by atoms with van der Waals surface area (Å²) in [6.45, 7) is 1.92. The molecule has 4 rings (SSSR count). The van der Waals surface area contributed by atoms with E-state index in [1.54, 1.807) is 6.92 Å². The number of nitrogens with one attached hydrogen (secondary N) is 1. The summed E-state index contributed by atoms with van der Waals surface area (Å²) in [6, 6.07) is 9.58. The average Bonchev–Trinajstić information content (AvgIpc) is 3.50. The van der Waals surface area contributed by atoms with Gasteiger partial charge >= 0.3 is 17.9 Å². The number of nitrogens with zero attached hydrogens (tertiary/aromatic N) is 1. The van der Waals surface area contributed by atoms with Crippen molar-refractivity contribution in [1.82, 2.24) is 10.3 Å². The highest BCUT2D eigenvalue weighted by Gasteiger charge is 2.42. The van der Waals surface area contributed by atoms with Crippen LogP contribution < -0.4 is 14.8 Å². The maximum Gasteiger partial charge on any atom is 0.332 e. The van der Waals surface area contributed by atoms with Crippen molar-refractivity contribution in [2.24, 2.45) is 5.92 Å². The van der Waals surface area contributed by atoms with Crippen molar-refractivity contribution in [3.63, 3.8) is 0 Å². The van der Waals surface area contributed by atoms with Crippen molar-refractivity contribution >= 4 is 23.8 Å². The van der Waals surface area contributed by atoms with Crippen molar-refractivity contribution in [3.05, 3.63) is 53.9 Å². The second-order valence-corrected chi connectivity index (χ2v) is 10.2. The molecule has 1 saturated heterocycles. The van der Waals surface area contributed by atoms with E-state index in [2.05, 4.69) is 10.3 Å². The molecule has 4 atom stereocenters. The van der Waals surface area contributed by atoms with Gasteiger partial charge in [-0.15, -0.1) is 0 Å². The number of hydrogen-bond donors (Lipinski definition) is 1. The molecular weight excluding hydrogens is 548 g/mol. The van der Waals surface area contributed by atoms with Gasteiger partial charge in [-0.1, -0.05) is 43.2 Å². The van der Waals surface area contributed by atoms with E-state index in [4.69, 9.17) is 28.4 Å². The molecule has 2 heterocycles. The highest BCUT2D eigenvalue weighted by molar-refractivity contribution is 5.98. The lowest BCUT2D eigenvalue weighted by atomic mass is 9.91. The van der Waals surface area contributed by atoms with E-state index in [1.807, 2.05) is 30.3 Å². The van der Waals surface area contributed by atoms with Gasteiger partial charge in [0.15, 0.2) is 23.2 Å². The monoisotopic (exact) mass is 584 g/mol. The summed E-state index contributed by atoms with van der Waals surface area (Å²) in [5.41, 5.74) is 0.672. The number of carbonyl (C=O) groups is 4. The smallest absolute Gasteiger partial charge is 0.332 e. The van der Waals surface area contributed by atoms with Crippen LogP contribution in [0.1, 0.15) is 55.6 Å². The summed E-state index contributed by atoms with van der Waals surface area (Å²) in [4.78, 5) is 55.3. The second kappa shape index (κ2) is 14.6. The van der Waals surface area contributed by atoms with Crippen LogP contribution in [0.4, 0.5) is 0 Å². The number of rotatable bonds is 10. The molecule has 1 aromatic carbocycles. The lowest BCUT2D eigenvalue weighted by Gasteiger charge is -2.31. The van der Waals surface area contributed by atoms with Crippen LogP contribution in [-0.2, 0) is 39.8 Å². The maximum atomic E-state index is 13.5. The number of aromatic nitrogens is 1. The molecule has 2 aliphatic rings. The minimum absolute atomic E-state index is 0.0528. The molecule has 0 spiro atoms. The molecule has 226 valence electrons. The minimum Gasteiger partial charge on any atom is -0.493 e. The molecule has 42 heavy (non-hydrogen) atoms. The largest absolute Gasteiger partial charge is 0.493 e. The normalized spacial score (nSPS) is 23.0. The van der Waals surface area contributed by atoms with Crippen molar-refractivity contribution in [3.8, 4) is 11.5 Å². The second-order valence-electron chi connectivity index (χ2n) is 10.2. The summed E-state index contributed by atoms with van der Waals surface area (Å²) in [7, 11) is 1.36. The summed E-state index contributed by atoms with van der Waals surface area (Å²) in [6.07, 6.45) is 3.80. The standard InChI is InChI=1S/C30H36N2O10/c1-18-26(42-21-11-7-8-12-21)22(15-20-9-5-4-6-10-20)29(35)38-16-23(30(36)41-18)32-28(34)25-27(40-17-39-19(2)33)24(37-3)13-14-31-25/h4-6,9-10,13-14,18,21-23,26H,7-8,11-12,15-17H2,1-3H3,(H,32,34)/t18-,22+,23-,26?/m0/s1. The number of pyridine rings is 1. The van der Waals surface area contributed by atoms with Crippen LogP contribution in [0.3, 0.4) is 0 Å². The predicted octanol–water partition coefficient (Wildman–Crippen LogP) is 2.76. The van der Waals surface area contributed by atoms with Crippen LogP contribution in [0.15, 0.2) is 42.6 Å². The minimum atomic E-state index is -1.35. The Morgan fingerprint density at radius 2 is 1.81 bits per heavy atom. The Hall–Kier alpha value is -4.19. The topological polar surface area (TPSA) is 149 Å². The van der Waals surface area contributed by atoms with Gasteiger partial charge in [-0.05, 0) is 31.7 Å². The fourth-order valence-corrected chi connectivity index (χ4v) is 5.04. The number of ether oxygens (including phenoxy) is 6. The van der Waals surface area contributed by atoms with Gasteiger partial charge in [-0.2, -0.15) is 0 Å². The Balaban J connectivity index is 1.55. The Kier molecular flexibility index (Phi) is 10.7. The number of cyclic esters (lactones) is 2. The number of esters is 3. The SMILES string of the molecule is COc1ccnc(C(=O)N[C@H]2COC(=O)[C@H](Cc3ccccc3)C(OC3CCCC3)[C@H](C)OC2=O)c1OCOC(C)=O. The van der Waals surface area contributed by atoms with Gasteiger partial charge in [0.05, 0.1) is 19.1 Å². The first-order chi connectivity index (χ1) is 20.3. The van der Waals surface area contributed by atoms with E-state index in [1.165, 1.54) is 26.3 Å². The van der Waals surface area contributed by atoms with E-state index in [0.29, 0.717) is 6.42 Å². The lowest BCUT2D eigenvalue weighted by molar-refractivity contribution is -0.169. The highest BCUT2D eigenvalue weighted by atomic mass is 16.7. The van der Waals surface area contributed by atoms with Gasteiger partial charge in [-0.25, -0.2) is 9.78 Å². The molecule has 2 aromatic rings. The van der Waals surface area contributed by atoms with Crippen LogP contribution >= 0.6 is 0 Å². The maximum absolute atomic E-state index is 13.5. The Morgan fingerprint density at radius 1 is 1.07 bits per heavy atom. The van der Waals surface area contributed by atoms with Gasteiger partial charge < -0.3 is 33.7 Å². The molecule has 0 radical (unpaired) electrons. The Bertz CT molecular complexity index is 1250. The number of hydrogen-bond acceptors (Lipinski definition) is 11. The summed E-state index contributed by atoms with van der Waals surface area (Å²) < 4.78 is 33.3. The van der Waals surface area contributed by atoms with Crippen molar-refractivity contribution in [1.29, 1.82) is 0 Å². The molecule has 1 aliphatic heterocycles. The molecule has 1 amide bonds. The molecule has 1 N–H and O–H groups in total. The molecule has 2 fully saturated rings. The average molecular weight is 585 g/mol. The fraction of sp³-hybridized carbons (Fsp3) is 0.500. The van der Waals surface area contributed by atoms with Gasteiger partial charge in [-0.3, -0.25) is 14.4 Å². The van der Waals surface area contributed by atoms with E-state index < -0.39 is 61.4 Å². The molecule has 1 saturated carbocycles. The molecular formula is C30H36N2O10. The molecule has 12 heteroatoms. The zero-order chi connectivity index (χ0) is 30.1. The quantitative estimate of drug-likeness (QED) is 0.250. The summed E-state index contributed by atoms with van der Waals surface area (Å²) in [5.74, 6) is -3.47. The third-order valence-electron chi connectivity index (χ3n) is 7.17. The molecule has 0 bridgehead atoms. The Labute approximate surface area is 244 Å². The fourth-order valence-electron chi connectivity index (χ4n) is 5.04. The van der Waals surface area contributed by atoms with Gasteiger partial charge in [0, 0.05) is 19.2 Å². The molecule has 1 aliphatic carbocycles. The first kappa shape index (κ1) is 30.8. The molecule has 12 nitrogen and oxygen atoms in total. The van der Waals surface area contributed by atoms with Crippen LogP contribution in [0.2, 0.25) is 0 Å². The molecule has 1 aromatic heterocycles. The van der Waals surface area contributed by atoms with E-state index in [0.717, 1.165) is 31.2 Å². The third kappa shape index (κ3) is 7.96. The van der Waals surface area contributed by atoms with E-state index in [9.17, 15) is 19.2 Å². The Morgan fingerprint density at radius 3 is 2.50 bits per heavy atom. The van der Waals surface area contributed by atoms with Crippen molar-refractivity contribution in [2.75, 3.05) is 20.5 Å². The summed E-state index contributed by atoms with van der Waals surface area (Å²) >= 11 is 0. The van der Waals surface area contributed by atoms with Crippen molar-refractivity contribution < 1.29 is 47.6 Å². The van der Waals surface area contributed by atoms with Gasteiger partial charge in [0.2, 0.25) is 6.79 Å². The predicted molar refractivity (Wildman–Crippen MR) is 147 cm³/mol. The molecule has 1 unspecified atom stereocenters.